The molecule has 122 valence electrons. The van der Waals surface area contributed by atoms with Crippen LogP contribution in [0.2, 0.25) is 0 Å². The maximum atomic E-state index is 12.3. The summed E-state index contributed by atoms with van der Waals surface area (Å²) in [7, 11) is 0. The first-order chi connectivity index (χ1) is 11.6. The van der Waals surface area contributed by atoms with Crippen LogP contribution < -0.4 is 5.32 Å². The average molecular weight is 321 g/mol. The normalized spacial score (nSPS) is 10.8. The minimum Gasteiger partial charge on any atom is -0.324 e. The Morgan fingerprint density at radius 1 is 1.08 bits per heavy atom. The van der Waals surface area contributed by atoms with Crippen molar-refractivity contribution in [1.82, 2.24) is 20.2 Å². The summed E-state index contributed by atoms with van der Waals surface area (Å²) in [6.45, 7) is 4.33. The van der Waals surface area contributed by atoms with E-state index in [4.69, 9.17) is 0 Å². The quantitative estimate of drug-likeness (QED) is 0.783. The molecule has 0 saturated heterocycles. The van der Waals surface area contributed by atoms with Gasteiger partial charge in [-0.2, -0.15) is 0 Å². The third kappa shape index (κ3) is 3.65. The van der Waals surface area contributed by atoms with Gasteiger partial charge in [-0.25, -0.2) is 4.68 Å². The van der Waals surface area contributed by atoms with Crippen molar-refractivity contribution < 1.29 is 4.79 Å². The molecule has 1 amide bonds. The number of amides is 1. The minimum absolute atomic E-state index is 0.0587. The molecule has 0 spiro atoms. The van der Waals surface area contributed by atoms with Gasteiger partial charge >= 0.3 is 0 Å². The summed E-state index contributed by atoms with van der Waals surface area (Å²) in [5, 5.41) is 14.4. The van der Waals surface area contributed by atoms with E-state index >= 15 is 0 Å². The summed E-state index contributed by atoms with van der Waals surface area (Å²) in [4.78, 5) is 12.3. The van der Waals surface area contributed by atoms with Gasteiger partial charge in [0, 0.05) is 11.3 Å². The Hall–Kier alpha value is -3.02. The number of nitrogens with one attached hydrogen (secondary N) is 1. The molecule has 1 aromatic heterocycles. The predicted molar refractivity (Wildman–Crippen MR) is 92.4 cm³/mol. The van der Waals surface area contributed by atoms with Gasteiger partial charge in [0.1, 0.15) is 6.54 Å². The molecule has 3 aromatic rings. The molecular weight excluding hydrogens is 302 g/mol. The number of nitrogens with zero attached hydrogens (tertiary/aromatic N) is 4. The van der Waals surface area contributed by atoms with E-state index in [1.807, 2.05) is 54.6 Å². The summed E-state index contributed by atoms with van der Waals surface area (Å²) >= 11 is 0. The lowest BCUT2D eigenvalue weighted by Gasteiger charge is -2.09. The highest BCUT2D eigenvalue weighted by Gasteiger charge is 2.12. The van der Waals surface area contributed by atoms with Crippen LogP contribution in [0, 0.1) is 0 Å². The number of anilines is 1. The molecule has 0 aliphatic heterocycles. The fourth-order valence-corrected chi connectivity index (χ4v) is 2.39. The second-order valence-electron chi connectivity index (χ2n) is 5.85. The molecule has 0 unspecified atom stereocenters. The summed E-state index contributed by atoms with van der Waals surface area (Å²) in [6, 6.07) is 17.4. The maximum absolute atomic E-state index is 12.3. The van der Waals surface area contributed by atoms with E-state index in [0.717, 1.165) is 11.3 Å². The lowest BCUT2D eigenvalue weighted by molar-refractivity contribution is -0.116. The number of tetrazole rings is 1. The van der Waals surface area contributed by atoms with Crippen molar-refractivity contribution in [2.24, 2.45) is 0 Å². The first-order valence-electron chi connectivity index (χ1n) is 7.85. The maximum Gasteiger partial charge on any atom is 0.246 e. The molecule has 6 heteroatoms. The van der Waals surface area contributed by atoms with Crippen molar-refractivity contribution in [2.45, 2.75) is 26.3 Å². The molecule has 0 saturated carbocycles. The van der Waals surface area contributed by atoms with Crippen LogP contribution in [0.15, 0.2) is 54.6 Å². The lowest BCUT2D eigenvalue weighted by Crippen LogP contribution is -2.20. The Labute approximate surface area is 140 Å². The summed E-state index contributed by atoms with van der Waals surface area (Å²) in [6.07, 6.45) is 0. The molecule has 0 radical (unpaired) electrons. The number of hydrogen-bond acceptors (Lipinski definition) is 4. The Bertz CT molecular complexity index is 809. The Morgan fingerprint density at radius 3 is 2.46 bits per heavy atom. The standard InChI is InChI=1S/C18H19N5O/c1-13(2)14-8-10-16(11-9-14)19-17(24)12-23-18(20-21-22-23)15-6-4-3-5-7-15/h3-11,13H,12H2,1-2H3,(H,19,24). The molecule has 0 bridgehead atoms. The van der Waals surface area contributed by atoms with Gasteiger partial charge in [-0.05, 0) is 34.0 Å². The van der Waals surface area contributed by atoms with Crippen LogP contribution in [-0.4, -0.2) is 26.1 Å². The second-order valence-corrected chi connectivity index (χ2v) is 5.85. The van der Waals surface area contributed by atoms with Gasteiger partial charge in [0.15, 0.2) is 5.82 Å². The number of aromatic nitrogens is 4. The molecule has 3 rings (SSSR count). The fraction of sp³-hybridized carbons (Fsp3) is 0.222. The Morgan fingerprint density at radius 2 is 1.79 bits per heavy atom. The summed E-state index contributed by atoms with van der Waals surface area (Å²) < 4.78 is 1.49. The largest absolute Gasteiger partial charge is 0.324 e. The third-order valence-corrected chi connectivity index (χ3v) is 3.72. The van der Waals surface area contributed by atoms with E-state index in [1.54, 1.807) is 0 Å². The van der Waals surface area contributed by atoms with Gasteiger partial charge in [-0.3, -0.25) is 4.79 Å². The molecule has 2 aromatic carbocycles. The van der Waals surface area contributed by atoms with Crippen molar-refractivity contribution in [3.63, 3.8) is 0 Å². The number of rotatable bonds is 5. The van der Waals surface area contributed by atoms with Crippen LogP contribution in [0.3, 0.4) is 0 Å². The van der Waals surface area contributed by atoms with Crippen LogP contribution in [0.25, 0.3) is 11.4 Å². The van der Waals surface area contributed by atoms with Gasteiger partial charge in [0.25, 0.3) is 0 Å². The smallest absolute Gasteiger partial charge is 0.246 e. The van der Waals surface area contributed by atoms with Crippen molar-refractivity contribution in [3.05, 3.63) is 60.2 Å². The number of benzene rings is 2. The average Bonchev–Trinajstić information content (AvgIpc) is 3.04. The van der Waals surface area contributed by atoms with Gasteiger partial charge in [-0.1, -0.05) is 56.3 Å². The highest BCUT2D eigenvalue weighted by Crippen LogP contribution is 2.18. The zero-order chi connectivity index (χ0) is 16.9. The summed E-state index contributed by atoms with van der Waals surface area (Å²) in [5.74, 6) is 0.863. The molecule has 0 fully saturated rings. The van der Waals surface area contributed by atoms with E-state index in [2.05, 4.69) is 34.7 Å². The van der Waals surface area contributed by atoms with Gasteiger partial charge in [0.2, 0.25) is 5.91 Å². The second kappa shape index (κ2) is 7.04. The highest BCUT2D eigenvalue weighted by atomic mass is 16.2. The molecule has 6 nitrogen and oxygen atoms in total. The van der Waals surface area contributed by atoms with Crippen LogP contribution in [-0.2, 0) is 11.3 Å². The molecular formula is C18H19N5O. The number of hydrogen-bond donors (Lipinski definition) is 1. The SMILES string of the molecule is CC(C)c1ccc(NC(=O)Cn2nnnc2-c2ccccc2)cc1. The first kappa shape index (κ1) is 15.9. The van der Waals surface area contributed by atoms with Crippen LogP contribution in [0.4, 0.5) is 5.69 Å². The Balaban J connectivity index is 1.69. The van der Waals surface area contributed by atoms with Crippen molar-refractivity contribution in [2.75, 3.05) is 5.32 Å². The fourth-order valence-electron chi connectivity index (χ4n) is 2.39. The number of carbonyl (C=O) groups excluding carboxylic acids is 1. The molecule has 1 N–H and O–H groups in total. The van der Waals surface area contributed by atoms with Crippen LogP contribution in [0.5, 0.6) is 0 Å². The summed E-state index contributed by atoms with van der Waals surface area (Å²) in [5.41, 5.74) is 2.87. The first-order valence-corrected chi connectivity index (χ1v) is 7.85. The number of carbonyl (C=O) groups is 1. The van der Waals surface area contributed by atoms with Gasteiger partial charge in [0.05, 0.1) is 0 Å². The molecule has 0 aliphatic carbocycles. The van der Waals surface area contributed by atoms with E-state index in [0.29, 0.717) is 11.7 Å². The van der Waals surface area contributed by atoms with Crippen molar-refractivity contribution >= 4 is 11.6 Å². The van der Waals surface area contributed by atoms with Gasteiger partial charge in [-0.15, -0.1) is 5.10 Å². The topological polar surface area (TPSA) is 72.7 Å². The van der Waals surface area contributed by atoms with E-state index in [-0.39, 0.29) is 12.5 Å². The van der Waals surface area contributed by atoms with Crippen molar-refractivity contribution in [3.8, 4) is 11.4 Å². The molecule has 0 atom stereocenters. The van der Waals surface area contributed by atoms with Crippen molar-refractivity contribution in [1.29, 1.82) is 0 Å². The monoisotopic (exact) mass is 321 g/mol. The van der Waals surface area contributed by atoms with E-state index < -0.39 is 0 Å². The zero-order valence-corrected chi connectivity index (χ0v) is 13.7. The predicted octanol–water partition coefficient (Wildman–Crippen LogP) is 3.10. The highest BCUT2D eigenvalue weighted by molar-refractivity contribution is 5.90. The van der Waals surface area contributed by atoms with E-state index in [1.165, 1.54) is 10.2 Å². The molecule has 24 heavy (non-hydrogen) atoms. The van der Waals surface area contributed by atoms with Gasteiger partial charge < -0.3 is 5.32 Å². The lowest BCUT2D eigenvalue weighted by atomic mass is 10.0. The zero-order valence-electron chi connectivity index (χ0n) is 13.7. The molecule has 0 aliphatic rings. The Kier molecular flexibility index (Phi) is 4.65. The van der Waals surface area contributed by atoms with E-state index in [9.17, 15) is 4.79 Å². The third-order valence-electron chi connectivity index (χ3n) is 3.72. The van der Waals surface area contributed by atoms with Crippen LogP contribution in [0.1, 0.15) is 25.3 Å². The van der Waals surface area contributed by atoms with Crippen LogP contribution >= 0.6 is 0 Å². The molecule has 1 heterocycles. The minimum atomic E-state index is -0.170.